The van der Waals surface area contributed by atoms with E-state index in [0.29, 0.717) is 6.42 Å². The minimum Gasteiger partial charge on any atom is -0.215 e. The molecule has 0 aromatic heterocycles. The van der Waals surface area contributed by atoms with Crippen LogP contribution in [0.1, 0.15) is 32.6 Å². The van der Waals surface area contributed by atoms with E-state index in [1.54, 1.807) is 6.92 Å². The molecule has 0 saturated carbocycles. The van der Waals surface area contributed by atoms with Crippen molar-refractivity contribution in [2.24, 2.45) is 0 Å². The molecule has 0 amide bonds. The maximum atomic E-state index is 11.7. The van der Waals surface area contributed by atoms with Gasteiger partial charge in [-0.05, 0) is 19.3 Å². The first kappa shape index (κ1) is 14.7. The summed E-state index contributed by atoms with van der Waals surface area (Å²) in [5.74, 6) is 0.0201. The zero-order valence-electron chi connectivity index (χ0n) is 8.60. The van der Waals surface area contributed by atoms with Gasteiger partial charge in [-0.3, -0.25) is 0 Å². The van der Waals surface area contributed by atoms with Crippen molar-refractivity contribution in [1.82, 2.24) is 4.72 Å². The maximum absolute atomic E-state index is 11.7. The summed E-state index contributed by atoms with van der Waals surface area (Å²) in [4.78, 5) is 0. The molecule has 0 aromatic rings. The first-order valence-corrected chi connectivity index (χ1v) is 6.46. The van der Waals surface area contributed by atoms with Gasteiger partial charge < -0.3 is 0 Å². The Balaban J connectivity index is 3.55. The van der Waals surface area contributed by atoms with E-state index in [1.807, 2.05) is 0 Å². The van der Waals surface area contributed by atoms with Gasteiger partial charge in [0.15, 0.2) is 0 Å². The van der Waals surface area contributed by atoms with Crippen molar-refractivity contribution in [2.45, 2.75) is 38.8 Å². The summed E-state index contributed by atoms with van der Waals surface area (Å²) in [6.45, 7) is 1.81. The van der Waals surface area contributed by atoms with Crippen molar-refractivity contribution >= 4 is 10.0 Å². The third-order valence-corrected chi connectivity index (χ3v) is 3.27. The largest absolute Gasteiger partial charge is 0.389 e. The Labute approximate surface area is 88.1 Å². The molecule has 7 heteroatoms. The molecule has 0 radical (unpaired) electrons. The first-order valence-electron chi connectivity index (χ1n) is 4.81. The number of rotatable bonds is 7. The Bertz CT molecular complexity index is 262. The van der Waals surface area contributed by atoms with Crippen molar-refractivity contribution in [3.05, 3.63) is 0 Å². The molecule has 0 aliphatic carbocycles. The predicted octanol–water partition coefficient (Wildman–Crippen LogP) is 2.05. The lowest BCUT2D eigenvalue weighted by atomic mass is 10.2. The Morgan fingerprint density at radius 3 is 2.27 bits per heavy atom. The molecule has 0 aromatic carbocycles. The van der Waals surface area contributed by atoms with Crippen molar-refractivity contribution < 1.29 is 21.6 Å². The van der Waals surface area contributed by atoms with Gasteiger partial charge in [0.1, 0.15) is 0 Å². The van der Waals surface area contributed by atoms with Gasteiger partial charge in [-0.2, -0.15) is 13.2 Å². The third kappa shape index (κ3) is 9.99. The lowest BCUT2D eigenvalue weighted by molar-refractivity contribution is -0.135. The molecule has 0 aliphatic heterocycles. The van der Waals surface area contributed by atoms with Crippen LogP contribution >= 0.6 is 0 Å². The van der Waals surface area contributed by atoms with Gasteiger partial charge in [0.05, 0.1) is 5.75 Å². The number of nitrogens with one attached hydrogen (secondary N) is 1. The number of hydrogen-bond acceptors (Lipinski definition) is 2. The molecule has 0 spiro atoms. The van der Waals surface area contributed by atoms with E-state index < -0.39 is 22.6 Å². The second-order valence-corrected chi connectivity index (χ2v) is 5.21. The maximum Gasteiger partial charge on any atom is 0.389 e. The zero-order valence-corrected chi connectivity index (χ0v) is 9.42. The van der Waals surface area contributed by atoms with E-state index in [2.05, 4.69) is 4.72 Å². The van der Waals surface area contributed by atoms with Crippen LogP contribution in [0, 0.1) is 0 Å². The second kappa shape index (κ2) is 6.32. The highest BCUT2D eigenvalue weighted by Gasteiger charge is 2.25. The van der Waals surface area contributed by atoms with E-state index in [-0.39, 0.29) is 25.1 Å². The fourth-order valence-electron chi connectivity index (χ4n) is 1.02. The van der Waals surface area contributed by atoms with Crippen molar-refractivity contribution in [1.29, 1.82) is 0 Å². The van der Waals surface area contributed by atoms with E-state index in [0.717, 1.165) is 0 Å². The molecule has 92 valence electrons. The van der Waals surface area contributed by atoms with Crippen LogP contribution in [-0.2, 0) is 10.0 Å². The predicted molar refractivity (Wildman–Crippen MR) is 52.0 cm³/mol. The fraction of sp³-hybridized carbons (Fsp3) is 1.00. The molecule has 0 atom stereocenters. The average Bonchev–Trinajstić information content (AvgIpc) is 2.00. The van der Waals surface area contributed by atoms with Crippen LogP contribution in [-0.4, -0.2) is 26.9 Å². The molecule has 1 N–H and O–H groups in total. The summed E-state index contributed by atoms with van der Waals surface area (Å²) < 4.78 is 59.5. The Morgan fingerprint density at radius 2 is 1.80 bits per heavy atom. The van der Waals surface area contributed by atoms with E-state index in [1.165, 1.54) is 0 Å². The van der Waals surface area contributed by atoms with E-state index >= 15 is 0 Å². The number of sulfonamides is 1. The summed E-state index contributed by atoms with van der Waals surface area (Å²) in [5.41, 5.74) is 0. The van der Waals surface area contributed by atoms with Crippen LogP contribution in [0.15, 0.2) is 0 Å². The van der Waals surface area contributed by atoms with E-state index in [4.69, 9.17) is 0 Å². The van der Waals surface area contributed by atoms with Crippen LogP contribution < -0.4 is 4.72 Å². The summed E-state index contributed by atoms with van der Waals surface area (Å²) in [6.07, 6.45) is -4.34. The van der Waals surface area contributed by atoms with Crippen molar-refractivity contribution in [3.63, 3.8) is 0 Å². The monoisotopic (exact) mass is 247 g/mol. The molecule has 0 saturated heterocycles. The van der Waals surface area contributed by atoms with Gasteiger partial charge in [-0.15, -0.1) is 0 Å². The molecule has 0 aliphatic rings. The van der Waals surface area contributed by atoms with Crippen LogP contribution in [0.2, 0.25) is 0 Å². The second-order valence-electron chi connectivity index (χ2n) is 3.29. The SMILES string of the molecule is CCCS(=O)(=O)NCCCCC(F)(F)F. The molecular weight excluding hydrogens is 231 g/mol. The lowest BCUT2D eigenvalue weighted by Gasteiger charge is -2.07. The minimum absolute atomic E-state index is 0.0201. The van der Waals surface area contributed by atoms with Crippen molar-refractivity contribution in [3.8, 4) is 0 Å². The highest BCUT2D eigenvalue weighted by Crippen LogP contribution is 2.21. The first-order chi connectivity index (χ1) is 6.77. The fourth-order valence-corrected chi connectivity index (χ4v) is 2.16. The quantitative estimate of drug-likeness (QED) is 0.700. The van der Waals surface area contributed by atoms with Crippen molar-refractivity contribution in [2.75, 3.05) is 12.3 Å². The Morgan fingerprint density at radius 1 is 1.20 bits per heavy atom. The molecule has 0 unspecified atom stereocenters. The van der Waals surface area contributed by atoms with Crippen LogP contribution in [0.5, 0.6) is 0 Å². The normalized spacial score (nSPS) is 13.1. The lowest BCUT2D eigenvalue weighted by Crippen LogP contribution is -2.27. The summed E-state index contributed by atoms with van der Waals surface area (Å²) >= 11 is 0. The van der Waals surface area contributed by atoms with Gasteiger partial charge in [0.25, 0.3) is 0 Å². The Hall–Kier alpha value is -0.300. The van der Waals surface area contributed by atoms with Crippen LogP contribution in [0.3, 0.4) is 0 Å². The number of hydrogen-bond donors (Lipinski definition) is 1. The van der Waals surface area contributed by atoms with E-state index in [9.17, 15) is 21.6 Å². The van der Waals surface area contributed by atoms with Crippen LogP contribution in [0.4, 0.5) is 13.2 Å². The average molecular weight is 247 g/mol. The van der Waals surface area contributed by atoms with Gasteiger partial charge in [-0.25, -0.2) is 13.1 Å². The van der Waals surface area contributed by atoms with Gasteiger partial charge in [-0.1, -0.05) is 6.92 Å². The number of unbranched alkanes of at least 4 members (excludes halogenated alkanes) is 1. The summed E-state index contributed by atoms with van der Waals surface area (Å²) in [6, 6.07) is 0. The summed E-state index contributed by atoms with van der Waals surface area (Å²) in [5, 5.41) is 0. The third-order valence-electron chi connectivity index (χ3n) is 1.68. The standard InChI is InChI=1S/C8H16F3NO2S/c1-2-7-15(13,14)12-6-4-3-5-8(9,10)11/h12H,2-7H2,1H3. The Kier molecular flexibility index (Phi) is 6.19. The molecule has 15 heavy (non-hydrogen) atoms. The topological polar surface area (TPSA) is 46.2 Å². The van der Waals surface area contributed by atoms with Gasteiger partial charge in [0.2, 0.25) is 10.0 Å². The smallest absolute Gasteiger partial charge is 0.215 e. The highest BCUT2D eigenvalue weighted by molar-refractivity contribution is 7.89. The van der Waals surface area contributed by atoms with Gasteiger partial charge in [0, 0.05) is 13.0 Å². The van der Waals surface area contributed by atoms with Crippen LogP contribution in [0.25, 0.3) is 0 Å². The molecular formula is C8H16F3NO2S. The zero-order chi connectivity index (χ0) is 11.9. The number of alkyl halides is 3. The number of halogens is 3. The van der Waals surface area contributed by atoms with Gasteiger partial charge >= 0.3 is 6.18 Å². The molecule has 0 rings (SSSR count). The minimum atomic E-state index is -4.15. The summed E-state index contributed by atoms with van der Waals surface area (Å²) in [7, 11) is -3.28. The highest BCUT2D eigenvalue weighted by atomic mass is 32.2. The molecule has 3 nitrogen and oxygen atoms in total. The molecule has 0 heterocycles. The molecule has 0 fully saturated rings. The molecule has 0 bridgehead atoms.